The molecule has 1 N–H and O–H groups in total. The van der Waals surface area contributed by atoms with Crippen LogP contribution < -0.4 is 5.32 Å². The van der Waals surface area contributed by atoms with Gasteiger partial charge in [0, 0.05) is 17.4 Å². The highest BCUT2D eigenvalue weighted by atomic mass is 32.2. The highest BCUT2D eigenvalue weighted by Gasteiger charge is 2.21. The van der Waals surface area contributed by atoms with Crippen LogP contribution in [0.2, 0.25) is 0 Å². The Kier molecular flexibility index (Phi) is 6.42. The molecule has 0 spiro atoms. The van der Waals surface area contributed by atoms with Gasteiger partial charge in [-0.25, -0.2) is 0 Å². The first-order chi connectivity index (χ1) is 8.90. The van der Waals surface area contributed by atoms with E-state index in [0.717, 1.165) is 24.8 Å². The Morgan fingerprint density at radius 1 is 1.39 bits per heavy atom. The number of thioether (sulfide) groups is 1. The van der Waals surface area contributed by atoms with Gasteiger partial charge in [-0.05, 0) is 31.9 Å². The van der Waals surface area contributed by atoms with Crippen molar-refractivity contribution in [2.24, 2.45) is 0 Å². The first kappa shape index (κ1) is 14.3. The summed E-state index contributed by atoms with van der Waals surface area (Å²) in [6.07, 6.45) is 11.7. The summed E-state index contributed by atoms with van der Waals surface area (Å²) in [6.45, 7) is 4.20. The summed E-state index contributed by atoms with van der Waals surface area (Å²) in [5, 5.41) is 4.53. The van der Waals surface area contributed by atoms with Gasteiger partial charge in [-0.15, -0.1) is 0 Å². The average Bonchev–Trinajstić information content (AvgIpc) is 2.94. The first-order valence-corrected chi connectivity index (χ1v) is 8.63. The highest BCUT2D eigenvalue weighted by molar-refractivity contribution is 7.99. The van der Waals surface area contributed by atoms with Crippen LogP contribution in [0.3, 0.4) is 0 Å². The zero-order valence-corrected chi connectivity index (χ0v) is 12.4. The fraction of sp³-hybridized carbons (Fsp3) is 0.867. The van der Waals surface area contributed by atoms with E-state index < -0.39 is 0 Å². The van der Waals surface area contributed by atoms with Crippen LogP contribution in [0.25, 0.3) is 0 Å². The molecule has 3 heteroatoms. The lowest BCUT2D eigenvalue weighted by atomic mass is 10.0. The second-order valence-corrected chi connectivity index (χ2v) is 6.68. The highest BCUT2D eigenvalue weighted by Crippen LogP contribution is 2.29. The van der Waals surface area contributed by atoms with E-state index in [-0.39, 0.29) is 0 Å². The van der Waals surface area contributed by atoms with Gasteiger partial charge in [-0.1, -0.05) is 26.2 Å². The van der Waals surface area contributed by atoms with Crippen LogP contribution in [0.15, 0.2) is 11.8 Å². The van der Waals surface area contributed by atoms with Gasteiger partial charge < -0.3 is 10.1 Å². The molecule has 0 amide bonds. The molecule has 18 heavy (non-hydrogen) atoms. The predicted molar refractivity (Wildman–Crippen MR) is 80.1 cm³/mol. The number of hydrogen-bond acceptors (Lipinski definition) is 3. The molecule has 0 radical (unpaired) electrons. The van der Waals surface area contributed by atoms with Crippen molar-refractivity contribution in [1.29, 1.82) is 0 Å². The quantitative estimate of drug-likeness (QED) is 0.761. The summed E-state index contributed by atoms with van der Waals surface area (Å²) in [6, 6.07) is 0.444. The smallest absolute Gasteiger partial charge is 0.110 e. The average molecular weight is 269 g/mol. The van der Waals surface area contributed by atoms with E-state index in [1.165, 1.54) is 50.0 Å². The van der Waals surface area contributed by atoms with Crippen molar-refractivity contribution in [2.75, 3.05) is 18.9 Å². The maximum absolute atomic E-state index is 5.74. The summed E-state index contributed by atoms with van der Waals surface area (Å²) in [5.41, 5.74) is 0. The van der Waals surface area contributed by atoms with E-state index in [0.29, 0.717) is 6.04 Å². The molecule has 1 saturated carbocycles. The third kappa shape index (κ3) is 4.51. The topological polar surface area (TPSA) is 21.3 Å². The molecule has 1 unspecified atom stereocenters. The molecular formula is C15H27NOS. The normalized spacial score (nSPS) is 22.6. The van der Waals surface area contributed by atoms with Crippen LogP contribution >= 0.6 is 11.8 Å². The van der Waals surface area contributed by atoms with E-state index in [2.05, 4.69) is 30.1 Å². The molecule has 0 saturated heterocycles. The van der Waals surface area contributed by atoms with E-state index in [1.807, 2.05) is 0 Å². The Morgan fingerprint density at radius 2 is 2.22 bits per heavy atom. The van der Waals surface area contributed by atoms with Crippen molar-refractivity contribution < 1.29 is 4.74 Å². The zero-order valence-electron chi connectivity index (χ0n) is 11.6. The molecule has 2 nitrogen and oxygen atoms in total. The van der Waals surface area contributed by atoms with Crippen LogP contribution in [0.4, 0.5) is 0 Å². The Balaban J connectivity index is 1.76. The van der Waals surface area contributed by atoms with Crippen LogP contribution in [-0.2, 0) is 4.74 Å². The monoisotopic (exact) mass is 269 g/mol. The number of ether oxygens (including phenoxy) is 1. The van der Waals surface area contributed by atoms with Crippen LogP contribution in [0, 0.1) is 0 Å². The molecule has 0 aromatic carbocycles. The lowest BCUT2D eigenvalue weighted by Gasteiger charge is -2.25. The molecule has 2 rings (SSSR count). The van der Waals surface area contributed by atoms with Gasteiger partial charge in [0.15, 0.2) is 0 Å². The summed E-state index contributed by atoms with van der Waals surface area (Å²) >= 11 is 2.16. The fourth-order valence-corrected chi connectivity index (χ4v) is 4.12. The third-order valence-electron chi connectivity index (χ3n) is 3.77. The van der Waals surface area contributed by atoms with E-state index in [9.17, 15) is 0 Å². The molecule has 2 aliphatic rings. The third-order valence-corrected chi connectivity index (χ3v) is 5.24. The van der Waals surface area contributed by atoms with E-state index >= 15 is 0 Å². The van der Waals surface area contributed by atoms with E-state index in [4.69, 9.17) is 4.74 Å². The summed E-state index contributed by atoms with van der Waals surface area (Å²) in [4.78, 5) is 0. The van der Waals surface area contributed by atoms with E-state index in [1.54, 1.807) is 0 Å². The Labute approximate surface area is 116 Å². The Morgan fingerprint density at radius 3 is 2.89 bits per heavy atom. The SMILES string of the molecule is CCCNC(CSC1CCCCC1)C1=CCCO1. The predicted octanol–water partition coefficient (Wildman–Crippen LogP) is 3.72. The van der Waals surface area contributed by atoms with Gasteiger partial charge in [0.25, 0.3) is 0 Å². The molecule has 1 heterocycles. The second-order valence-electron chi connectivity index (χ2n) is 5.34. The largest absolute Gasteiger partial charge is 0.496 e. The number of rotatable bonds is 7. The van der Waals surface area contributed by atoms with Crippen molar-refractivity contribution >= 4 is 11.8 Å². The van der Waals surface area contributed by atoms with Gasteiger partial charge >= 0.3 is 0 Å². The maximum Gasteiger partial charge on any atom is 0.110 e. The lowest BCUT2D eigenvalue weighted by Crippen LogP contribution is -2.34. The fourth-order valence-electron chi connectivity index (χ4n) is 2.70. The Bertz CT molecular complexity index is 261. The van der Waals surface area contributed by atoms with Crippen LogP contribution in [0.5, 0.6) is 0 Å². The minimum absolute atomic E-state index is 0.444. The molecule has 0 bridgehead atoms. The van der Waals surface area contributed by atoms with Gasteiger partial charge in [-0.3, -0.25) is 0 Å². The molecule has 104 valence electrons. The minimum atomic E-state index is 0.444. The molecule has 1 atom stereocenters. The molecule has 1 aliphatic carbocycles. The maximum atomic E-state index is 5.74. The van der Waals surface area contributed by atoms with Crippen molar-refractivity contribution in [3.8, 4) is 0 Å². The zero-order chi connectivity index (χ0) is 12.6. The van der Waals surface area contributed by atoms with Gasteiger partial charge in [-0.2, -0.15) is 11.8 Å². The molecule has 0 aromatic heterocycles. The lowest BCUT2D eigenvalue weighted by molar-refractivity contribution is 0.220. The second kappa shape index (κ2) is 8.11. The molecule has 0 aromatic rings. The molecule has 1 fully saturated rings. The van der Waals surface area contributed by atoms with Crippen LogP contribution in [-0.4, -0.2) is 30.2 Å². The molecule has 1 aliphatic heterocycles. The van der Waals surface area contributed by atoms with Gasteiger partial charge in [0.1, 0.15) is 5.76 Å². The first-order valence-electron chi connectivity index (χ1n) is 7.58. The van der Waals surface area contributed by atoms with Crippen LogP contribution in [0.1, 0.15) is 51.9 Å². The standard InChI is InChI=1S/C15H27NOS/c1-2-10-16-14(15-9-6-11-17-15)12-18-13-7-4-3-5-8-13/h9,13-14,16H,2-8,10-12H2,1H3. The van der Waals surface area contributed by atoms with Crippen molar-refractivity contribution in [2.45, 2.75) is 63.2 Å². The van der Waals surface area contributed by atoms with Gasteiger partial charge in [0.05, 0.1) is 12.6 Å². The van der Waals surface area contributed by atoms with Gasteiger partial charge in [0.2, 0.25) is 0 Å². The summed E-state index contributed by atoms with van der Waals surface area (Å²) in [5.74, 6) is 2.38. The Hall–Kier alpha value is -0.150. The number of nitrogens with one attached hydrogen (secondary N) is 1. The van der Waals surface area contributed by atoms with Crippen molar-refractivity contribution in [3.05, 3.63) is 11.8 Å². The van der Waals surface area contributed by atoms with Crippen molar-refractivity contribution in [3.63, 3.8) is 0 Å². The molecular weight excluding hydrogens is 242 g/mol. The minimum Gasteiger partial charge on any atom is -0.496 e. The number of hydrogen-bond donors (Lipinski definition) is 1. The summed E-state index contributed by atoms with van der Waals surface area (Å²) in [7, 11) is 0. The van der Waals surface area contributed by atoms with Crippen molar-refractivity contribution in [1.82, 2.24) is 5.32 Å². The summed E-state index contributed by atoms with van der Waals surface area (Å²) < 4.78 is 5.74.